The Bertz CT molecular complexity index is 406. The van der Waals surface area contributed by atoms with Gasteiger partial charge in [-0.15, -0.1) is 0 Å². The van der Waals surface area contributed by atoms with Gasteiger partial charge in [0.05, 0.1) is 5.92 Å². The van der Waals surface area contributed by atoms with Crippen molar-refractivity contribution in [2.75, 3.05) is 11.5 Å². The van der Waals surface area contributed by atoms with Gasteiger partial charge in [-0.25, -0.2) is 0 Å². The minimum atomic E-state index is -4.11. The molecule has 1 fully saturated rings. The number of nitrogen functional groups attached to an aromatic ring is 2. The highest BCUT2D eigenvalue weighted by Gasteiger charge is 2.42. The molecule has 0 amide bonds. The van der Waals surface area contributed by atoms with Gasteiger partial charge in [0.25, 0.3) is 0 Å². The number of anilines is 2. The molecule has 0 spiro atoms. The number of rotatable bonds is 1. The molecule has 0 saturated heterocycles. The van der Waals surface area contributed by atoms with Gasteiger partial charge >= 0.3 is 6.18 Å². The summed E-state index contributed by atoms with van der Waals surface area (Å²) in [5.41, 5.74) is 10.9. The molecule has 1 aromatic rings. The van der Waals surface area contributed by atoms with E-state index in [1.807, 2.05) is 0 Å². The standard InChI is InChI=1S/C10H14F3N5/c11-10(12,13)6-3-1-5(2-4-6)7-16-8(14)18-9(15)17-7/h5-6H,1-4H2,(H4,14,15,16,17,18). The molecule has 0 aromatic carbocycles. The lowest BCUT2D eigenvalue weighted by Crippen LogP contribution is -2.27. The van der Waals surface area contributed by atoms with Crippen molar-refractivity contribution in [1.29, 1.82) is 0 Å². The number of alkyl halides is 3. The monoisotopic (exact) mass is 261 g/mol. The molecule has 0 bridgehead atoms. The van der Waals surface area contributed by atoms with Crippen LogP contribution in [0.4, 0.5) is 25.1 Å². The van der Waals surface area contributed by atoms with Crippen LogP contribution in [0.15, 0.2) is 0 Å². The van der Waals surface area contributed by atoms with Gasteiger partial charge in [-0.2, -0.15) is 28.1 Å². The number of nitrogens with zero attached hydrogens (tertiary/aromatic N) is 3. The lowest BCUT2D eigenvalue weighted by molar-refractivity contribution is -0.182. The van der Waals surface area contributed by atoms with Crippen LogP contribution in [0.5, 0.6) is 0 Å². The predicted octanol–water partition coefficient (Wildman–Crippen LogP) is 1.87. The smallest absolute Gasteiger partial charge is 0.368 e. The molecule has 0 radical (unpaired) electrons. The first-order chi connectivity index (χ1) is 8.36. The van der Waals surface area contributed by atoms with Crippen molar-refractivity contribution in [3.05, 3.63) is 5.82 Å². The van der Waals surface area contributed by atoms with Gasteiger partial charge in [-0.3, -0.25) is 0 Å². The van der Waals surface area contributed by atoms with Crippen molar-refractivity contribution in [3.8, 4) is 0 Å². The highest BCUT2D eigenvalue weighted by atomic mass is 19.4. The molecule has 1 aliphatic rings. The summed E-state index contributed by atoms with van der Waals surface area (Å²) in [6.45, 7) is 0. The zero-order chi connectivity index (χ0) is 13.3. The lowest BCUT2D eigenvalue weighted by atomic mass is 9.81. The first-order valence-electron chi connectivity index (χ1n) is 5.70. The SMILES string of the molecule is Nc1nc(N)nc(C2CCC(C(F)(F)F)CC2)n1. The van der Waals surface area contributed by atoms with Crippen LogP contribution in [0.25, 0.3) is 0 Å². The molecule has 8 heteroatoms. The molecule has 0 unspecified atom stereocenters. The molecule has 18 heavy (non-hydrogen) atoms. The molecule has 4 N–H and O–H groups in total. The van der Waals surface area contributed by atoms with E-state index in [2.05, 4.69) is 15.0 Å². The highest BCUT2D eigenvalue weighted by Crippen LogP contribution is 2.42. The van der Waals surface area contributed by atoms with Crippen LogP contribution in [-0.4, -0.2) is 21.1 Å². The third-order valence-electron chi connectivity index (χ3n) is 3.24. The number of nitrogens with two attached hydrogens (primary N) is 2. The maximum Gasteiger partial charge on any atom is 0.391 e. The van der Waals surface area contributed by atoms with Crippen molar-refractivity contribution in [2.24, 2.45) is 5.92 Å². The number of hydrogen-bond acceptors (Lipinski definition) is 5. The van der Waals surface area contributed by atoms with Crippen LogP contribution in [0, 0.1) is 5.92 Å². The molecular formula is C10H14F3N5. The molecule has 0 atom stereocenters. The summed E-state index contributed by atoms with van der Waals surface area (Å²) in [7, 11) is 0. The first-order valence-corrected chi connectivity index (χ1v) is 5.70. The molecule has 1 aromatic heterocycles. The van der Waals surface area contributed by atoms with E-state index >= 15 is 0 Å². The summed E-state index contributed by atoms with van der Waals surface area (Å²) < 4.78 is 37.6. The van der Waals surface area contributed by atoms with Gasteiger partial charge < -0.3 is 11.5 Å². The minimum absolute atomic E-state index is 0.00967. The third kappa shape index (κ3) is 2.80. The zero-order valence-corrected chi connectivity index (χ0v) is 9.61. The normalized spacial score (nSPS) is 25.1. The van der Waals surface area contributed by atoms with E-state index < -0.39 is 12.1 Å². The van der Waals surface area contributed by atoms with Crippen molar-refractivity contribution in [1.82, 2.24) is 15.0 Å². The van der Waals surface area contributed by atoms with E-state index in [-0.39, 0.29) is 30.7 Å². The van der Waals surface area contributed by atoms with E-state index in [4.69, 9.17) is 11.5 Å². The number of halogens is 3. The summed E-state index contributed by atoms with van der Waals surface area (Å²) in [5.74, 6) is -0.909. The molecule has 5 nitrogen and oxygen atoms in total. The van der Waals surface area contributed by atoms with Gasteiger partial charge in [0, 0.05) is 5.92 Å². The van der Waals surface area contributed by atoms with Crippen molar-refractivity contribution in [3.63, 3.8) is 0 Å². The van der Waals surface area contributed by atoms with Crippen LogP contribution < -0.4 is 11.5 Å². The lowest BCUT2D eigenvalue weighted by Gasteiger charge is -2.28. The minimum Gasteiger partial charge on any atom is -0.368 e. The van der Waals surface area contributed by atoms with Crippen molar-refractivity contribution in [2.45, 2.75) is 37.8 Å². The Morgan fingerprint density at radius 1 is 0.889 bits per heavy atom. The number of hydrogen-bond donors (Lipinski definition) is 2. The molecule has 1 aliphatic carbocycles. The summed E-state index contributed by atoms with van der Waals surface area (Å²) in [6.07, 6.45) is -3.12. The Labute approximate surface area is 102 Å². The van der Waals surface area contributed by atoms with Crippen LogP contribution in [-0.2, 0) is 0 Å². The van der Waals surface area contributed by atoms with E-state index in [0.29, 0.717) is 18.7 Å². The quantitative estimate of drug-likeness (QED) is 0.805. The average Bonchev–Trinajstić information content (AvgIpc) is 2.27. The number of aromatic nitrogens is 3. The van der Waals surface area contributed by atoms with E-state index in [9.17, 15) is 13.2 Å². The van der Waals surface area contributed by atoms with Crippen molar-refractivity contribution >= 4 is 11.9 Å². The Morgan fingerprint density at radius 2 is 1.39 bits per heavy atom. The van der Waals surface area contributed by atoms with Crippen LogP contribution in [0.3, 0.4) is 0 Å². The Morgan fingerprint density at radius 3 is 1.83 bits per heavy atom. The second kappa shape index (κ2) is 4.58. The highest BCUT2D eigenvalue weighted by molar-refractivity contribution is 5.27. The van der Waals surface area contributed by atoms with Gasteiger partial charge in [0.1, 0.15) is 5.82 Å². The average molecular weight is 261 g/mol. The first kappa shape index (κ1) is 12.8. The van der Waals surface area contributed by atoms with E-state index in [1.165, 1.54) is 0 Å². The van der Waals surface area contributed by atoms with Gasteiger partial charge in [0.2, 0.25) is 11.9 Å². The fourth-order valence-corrected chi connectivity index (χ4v) is 2.29. The maximum absolute atomic E-state index is 12.5. The Hall–Kier alpha value is -1.60. The Balaban J connectivity index is 2.05. The van der Waals surface area contributed by atoms with Crippen molar-refractivity contribution < 1.29 is 13.2 Å². The van der Waals surface area contributed by atoms with Gasteiger partial charge in [0.15, 0.2) is 0 Å². The van der Waals surface area contributed by atoms with Crippen LogP contribution >= 0.6 is 0 Å². The molecule has 1 saturated carbocycles. The summed E-state index contributed by atoms with van der Waals surface area (Å²) >= 11 is 0. The zero-order valence-electron chi connectivity index (χ0n) is 9.61. The second-order valence-corrected chi connectivity index (χ2v) is 4.50. The second-order valence-electron chi connectivity index (χ2n) is 4.50. The fourth-order valence-electron chi connectivity index (χ4n) is 2.29. The molecule has 1 heterocycles. The summed E-state index contributed by atoms with van der Waals surface area (Å²) in [4.78, 5) is 11.5. The fraction of sp³-hybridized carbons (Fsp3) is 0.700. The molecule has 100 valence electrons. The third-order valence-corrected chi connectivity index (χ3v) is 3.24. The van der Waals surface area contributed by atoms with E-state index in [0.717, 1.165) is 0 Å². The maximum atomic E-state index is 12.5. The molecule has 2 rings (SSSR count). The topological polar surface area (TPSA) is 90.7 Å². The van der Waals surface area contributed by atoms with Gasteiger partial charge in [-0.05, 0) is 25.7 Å². The Kier molecular flexibility index (Phi) is 3.27. The van der Waals surface area contributed by atoms with Crippen LogP contribution in [0.1, 0.15) is 37.4 Å². The summed E-state index contributed by atoms with van der Waals surface area (Å²) in [6, 6.07) is 0. The summed E-state index contributed by atoms with van der Waals surface area (Å²) in [5, 5.41) is 0. The largest absolute Gasteiger partial charge is 0.391 e. The van der Waals surface area contributed by atoms with E-state index in [1.54, 1.807) is 0 Å². The predicted molar refractivity (Wildman–Crippen MR) is 59.4 cm³/mol. The molecular weight excluding hydrogens is 247 g/mol. The van der Waals surface area contributed by atoms with Gasteiger partial charge in [-0.1, -0.05) is 0 Å². The van der Waals surface area contributed by atoms with Crippen LogP contribution in [0.2, 0.25) is 0 Å². The molecule has 0 aliphatic heterocycles.